The number of carboxylic acids is 1. The maximum absolute atomic E-state index is 11.1. The lowest BCUT2D eigenvalue weighted by atomic mass is 9.96. The van der Waals surface area contributed by atoms with Crippen LogP contribution in [-0.4, -0.2) is 39.0 Å². The summed E-state index contributed by atoms with van der Waals surface area (Å²) in [7, 11) is 0. The van der Waals surface area contributed by atoms with Gasteiger partial charge in [0, 0.05) is 17.7 Å². The lowest BCUT2D eigenvalue weighted by molar-refractivity contribution is -0.140. The van der Waals surface area contributed by atoms with Gasteiger partial charge in [0.25, 0.3) is 0 Å². The van der Waals surface area contributed by atoms with Crippen molar-refractivity contribution < 1.29 is 19.4 Å². The van der Waals surface area contributed by atoms with Crippen LogP contribution in [-0.2, 0) is 11.3 Å². The number of aromatic nitrogens is 2. The Balaban J connectivity index is 1.58. The number of carboxylic acid groups (broad SMARTS) is 1. The average Bonchev–Trinajstić information content (AvgIpc) is 3.30. The summed E-state index contributed by atoms with van der Waals surface area (Å²) in [5.74, 6) is -0.286. The monoisotopic (exact) mass is 429 g/mol. The van der Waals surface area contributed by atoms with Crippen molar-refractivity contribution in [2.45, 2.75) is 19.5 Å². The molecule has 1 atom stereocenters. The number of nitrogens with one attached hydrogen (secondary N) is 1. The molecule has 0 aliphatic rings. The van der Waals surface area contributed by atoms with E-state index in [0.717, 1.165) is 33.4 Å². The van der Waals surface area contributed by atoms with Crippen molar-refractivity contribution >= 4 is 5.97 Å². The fourth-order valence-corrected chi connectivity index (χ4v) is 3.53. The average molecular weight is 429 g/mol. The molecule has 0 fully saturated rings. The lowest BCUT2D eigenvalue weighted by Crippen LogP contribution is -2.39. The normalized spacial score (nSPS) is 11.9. The van der Waals surface area contributed by atoms with E-state index in [4.69, 9.17) is 14.6 Å². The first-order valence-corrected chi connectivity index (χ1v) is 10.2. The van der Waals surface area contributed by atoms with Crippen molar-refractivity contribution in [2.75, 3.05) is 6.61 Å². The van der Waals surface area contributed by atoms with Gasteiger partial charge in [-0.3, -0.25) is 10.1 Å². The molecule has 1 aromatic heterocycles. The number of hydrogen-bond donors (Lipinski definition) is 3. The molecular weight excluding hydrogens is 406 g/mol. The summed E-state index contributed by atoms with van der Waals surface area (Å²) in [6.07, 6.45) is 0. The summed E-state index contributed by atoms with van der Waals surface area (Å²) < 4.78 is 5.99. The number of carbonyl (C=O) groups is 1. The SMILES string of the molecule is Cc1c(-c2ccccc2)cccc1-c1nnc(-c2cccc(CN[C@@H](CO)C(=O)O)c2)o1. The number of aliphatic hydroxyl groups excluding tert-OH is 1. The number of aliphatic carboxylic acids is 1. The molecule has 0 bridgehead atoms. The number of rotatable bonds is 8. The van der Waals surface area contributed by atoms with Gasteiger partial charge in [-0.25, -0.2) is 0 Å². The van der Waals surface area contributed by atoms with Crippen LogP contribution in [0.25, 0.3) is 34.0 Å². The molecule has 0 amide bonds. The van der Waals surface area contributed by atoms with Gasteiger partial charge in [0.2, 0.25) is 11.8 Å². The van der Waals surface area contributed by atoms with Gasteiger partial charge in [-0.15, -0.1) is 10.2 Å². The van der Waals surface area contributed by atoms with Gasteiger partial charge in [0.1, 0.15) is 6.04 Å². The largest absolute Gasteiger partial charge is 0.480 e. The van der Waals surface area contributed by atoms with Crippen molar-refractivity contribution in [3.8, 4) is 34.0 Å². The zero-order valence-corrected chi connectivity index (χ0v) is 17.5. The molecule has 0 saturated carbocycles. The topological polar surface area (TPSA) is 108 Å². The Hall–Kier alpha value is -3.81. The molecule has 32 heavy (non-hydrogen) atoms. The highest BCUT2D eigenvalue weighted by Gasteiger charge is 2.17. The Morgan fingerprint density at radius 1 is 0.938 bits per heavy atom. The molecule has 3 aromatic carbocycles. The molecule has 0 unspecified atom stereocenters. The summed E-state index contributed by atoms with van der Waals surface area (Å²) in [5, 5.41) is 29.5. The predicted octanol–water partition coefficient (Wildman–Crippen LogP) is 3.91. The molecule has 0 spiro atoms. The van der Waals surface area contributed by atoms with Crippen LogP contribution in [0.2, 0.25) is 0 Å². The Morgan fingerprint density at radius 2 is 1.62 bits per heavy atom. The summed E-state index contributed by atoms with van der Waals surface area (Å²) in [6, 6.07) is 22.5. The van der Waals surface area contributed by atoms with E-state index >= 15 is 0 Å². The van der Waals surface area contributed by atoms with Crippen LogP contribution in [0.15, 0.2) is 77.2 Å². The number of benzene rings is 3. The Bertz CT molecular complexity index is 1220. The highest BCUT2D eigenvalue weighted by molar-refractivity contribution is 5.75. The van der Waals surface area contributed by atoms with Gasteiger partial charge >= 0.3 is 5.97 Å². The molecule has 0 aliphatic carbocycles. The first kappa shape index (κ1) is 21.4. The molecule has 7 heteroatoms. The van der Waals surface area contributed by atoms with Crippen molar-refractivity contribution in [3.63, 3.8) is 0 Å². The zero-order chi connectivity index (χ0) is 22.5. The Morgan fingerprint density at radius 3 is 2.38 bits per heavy atom. The molecule has 4 rings (SSSR count). The van der Waals surface area contributed by atoms with E-state index in [1.807, 2.05) is 61.5 Å². The van der Waals surface area contributed by atoms with E-state index < -0.39 is 18.6 Å². The van der Waals surface area contributed by atoms with Crippen LogP contribution in [0.3, 0.4) is 0 Å². The van der Waals surface area contributed by atoms with Gasteiger partial charge in [-0.1, -0.05) is 54.6 Å². The Labute approximate surface area is 185 Å². The quantitative estimate of drug-likeness (QED) is 0.390. The van der Waals surface area contributed by atoms with E-state index in [9.17, 15) is 4.79 Å². The van der Waals surface area contributed by atoms with Crippen LogP contribution in [0.4, 0.5) is 0 Å². The van der Waals surface area contributed by atoms with Gasteiger partial charge in [-0.2, -0.15) is 0 Å². The van der Waals surface area contributed by atoms with Crippen molar-refractivity contribution in [1.82, 2.24) is 15.5 Å². The van der Waals surface area contributed by atoms with E-state index in [2.05, 4.69) is 33.7 Å². The molecule has 1 heterocycles. The van der Waals surface area contributed by atoms with E-state index in [0.29, 0.717) is 11.8 Å². The second-order valence-electron chi connectivity index (χ2n) is 7.41. The van der Waals surface area contributed by atoms with E-state index in [-0.39, 0.29) is 6.54 Å². The third-order valence-corrected chi connectivity index (χ3v) is 5.28. The highest BCUT2D eigenvalue weighted by Crippen LogP contribution is 2.32. The van der Waals surface area contributed by atoms with Crippen molar-refractivity contribution in [3.05, 3.63) is 83.9 Å². The minimum Gasteiger partial charge on any atom is -0.480 e. The summed E-state index contributed by atoms with van der Waals surface area (Å²) in [5.41, 5.74) is 5.72. The third kappa shape index (κ3) is 4.59. The molecule has 3 N–H and O–H groups in total. The number of nitrogens with zero attached hydrogens (tertiary/aromatic N) is 2. The van der Waals surface area contributed by atoms with Gasteiger partial charge < -0.3 is 14.6 Å². The molecule has 7 nitrogen and oxygen atoms in total. The molecule has 0 saturated heterocycles. The van der Waals surface area contributed by atoms with Gasteiger partial charge in [0.05, 0.1) is 6.61 Å². The maximum Gasteiger partial charge on any atom is 0.323 e. The summed E-state index contributed by atoms with van der Waals surface area (Å²) >= 11 is 0. The van der Waals surface area contributed by atoms with Crippen LogP contribution in [0, 0.1) is 6.92 Å². The van der Waals surface area contributed by atoms with Gasteiger partial charge in [0.15, 0.2) is 0 Å². The fraction of sp³-hybridized carbons (Fsp3) is 0.160. The van der Waals surface area contributed by atoms with Crippen LogP contribution in [0.1, 0.15) is 11.1 Å². The summed E-state index contributed by atoms with van der Waals surface area (Å²) in [6.45, 7) is 1.84. The standard InChI is InChI=1S/C25H23N3O4/c1-16-20(18-8-3-2-4-9-18)11-6-12-21(16)24-28-27-23(32-24)19-10-5-7-17(13-19)14-26-22(15-29)25(30)31/h2-13,22,26,29H,14-15H2,1H3,(H,30,31)/t22-/m0/s1. The molecule has 0 radical (unpaired) electrons. The minimum absolute atomic E-state index is 0.282. The van der Waals surface area contributed by atoms with Crippen LogP contribution < -0.4 is 5.32 Å². The molecule has 162 valence electrons. The second-order valence-corrected chi connectivity index (χ2v) is 7.41. The third-order valence-electron chi connectivity index (χ3n) is 5.28. The lowest BCUT2D eigenvalue weighted by Gasteiger charge is -2.11. The minimum atomic E-state index is -1.10. The number of hydrogen-bond acceptors (Lipinski definition) is 6. The molecule has 0 aliphatic heterocycles. The Kier molecular flexibility index (Phi) is 6.39. The van der Waals surface area contributed by atoms with Crippen molar-refractivity contribution in [1.29, 1.82) is 0 Å². The van der Waals surface area contributed by atoms with Crippen LogP contribution >= 0.6 is 0 Å². The van der Waals surface area contributed by atoms with E-state index in [1.165, 1.54) is 0 Å². The summed E-state index contributed by atoms with van der Waals surface area (Å²) in [4.78, 5) is 11.1. The van der Waals surface area contributed by atoms with Crippen molar-refractivity contribution in [2.24, 2.45) is 0 Å². The van der Waals surface area contributed by atoms with Crippen LogP contribution in [0.5, 0.6) is 0 Å². The first-order chi connectivity index (χ1) is 15.6. The predicted molar refractivity (Wildman–Crippen MR) is 121 cm³/mol. The van der Waals surface area contributed by atoms with Gasteiger partial charge in [-0.05, 0) is 47.4 Å². The fourth-order valence-electron chi connectivity index (χ4n) is 3.53. The zero-order valence-electron chi connectivity index (χ0n) is 17.5. The van der Waals surface area contributed by atoms with E-state index in [1.54, 1.807) is 0 Å². The highest BCUT2D eigenvalue weighted by atomic mass is 16.4. The molecule has 4 aromatic rings. The number of aliphatic hydroxyl groups is 1. The smallest absolute Gasteiger partial charge is 0.323 e. The first-order valence-electron chi connectivity index (χ1n) is 10.2. The molecular formula is C25H23N3O4. The second kappa shape index (κ2) is 9.55. The maximum atomic E-state index is 11.1.